The first-order valence-corrected chi connectivity index (χ1v) is 8.97. The number of rotatable bonds is 7. The van der Waals surface area contributed by atoms with E-state index in [0.29, 0.717) is 19.1 Å². The van der Waals surface area contributed by atoms with E-state index < -0.39 is 17.5 Å². The van der Waals surface area contributed by atoms with Crippen molar-refractivity contribution in [3.8, 4) is 11.5 Å². The van der Waals surface area contributed by atoms with E-state index in [0.717, 1.165) is 38.5 Å². The largest absolute Gasteiger partial charge is 0.490 e. The maximum atomic E-state index is 14.5. The van der Waals surface area contributed by atoms with Crippen LogP contribution in [0.1, 0.15) is 45.4 Å². The third kappa shape index (κ3) is 3.86. The Kier molecular flexibility index (Phi) is 5.71. The van der Waals surface area contributed by atoms with Crippen LogP contribution in [0, 0.1) is 23.4 Å². The Bertz CT molecular complexity index is 740. The van der Waals surface area contributed by atoms with Gasteiger partial charge in [0.15, 0.2) is 23.1 Å². The Hall–Kier alpha value is -1.91. The molecule has 2 aromatic rings. The fourth-order valence-electron chi connectivity index (χ4n) is 3.27. The zero-order chi connectivity index (χ0) is 17.8. The summed E-state index contributed by atoms with van der Waals surface area (Å²) in [5.41, 5.74) is 0. The lowest BCUT2D eigenvalue weighted by Crippen LogP contribution is -2.10. The zero-order valence-electron chi connectivity index (χ0n) is 14.4. The van der Waals surface area contributed by atoms with E-state index in [4.69, 9.17) is 9.47 Å². The summed E-state index contributed by atoms with van der Waals surface area (Å²) in [5, 5.41) is -0.125. The number of halogens is 3. The van der Waals surface area contributed by atoms with Gasteiger partial charge in [-0.3, -0.25) is 0 Å². The number of ether oxygens (including phenoxy) is 2. The first-order valence-electron chi connectivity index (χ1n) is 8.97. The van der Waals surface area contributed by atoms with Crippen molar-refractivity contribution in [3.05, 3.63) is 35.7 Å². The van der Waals surface area contributed by atoms with Crippen LogP contribution >= 0.6 is 0 Å². The predicted molar refractivity (Wildman–Crippen MR) is 91.7 cm³/mol. The van der Waals surface area contributed by atoms with E-state index in [1.165, 1.54) is 18.2 Å². The molecule has 25 heavy (non-hydrogen) atoms. The molecule has 0 amide bonds. The lowest BCUT2D eigenvalue weighted by Gasteiger charge is -2.14. The fourth-order valence-corrected chi connectivity index (χ4v) is 3.27. The van der Waals surface area contributed by atoms with Crippen LogP contribution in [-0.4, -0.2) is 13.2 Å². The Labute approximate surface area is 145 Å². The molecule has 0 spiro atoms. The minimum Gasteiger partial charge on any atom is -0.490 e. The molecule has 1 aliphatic rings. The summed E-state index contributed by atoms with van der Waals surface area (Å²) in [6.45, 7) is 2.69. The first kappa shape index (κ1) is 17.9. The Balaban J connectivity index is 1.86. The topological polar surface area (TPSA) is 18.5 Å². The van der Waals surface area contributed by atoms with Crippen molar-refractivity contribution in [2.75, 3.05) is 13.2 Å². The highest BCUT2D eigenvalue weighted by atomic mass is 19.2. The van der Waals surface area contributed by atoms with Gasteiger partial charge in [-0.15, -0.1) is 0 Å². The molecule has 0 aromatic heterocycles. The van der Waals surface area contributed by atoms with Gasteiger partial charge in [-0.05, 0) is 42.7 Å². The molecule has 3 rings (SSSR count). The smallest absolute Gasteiger partial charge is 0.201 e. The van der Waals surface area contributed by atoms with Crippen molar-refractivity contribution in [2.45, 2.75) is 45.4 Å². The van der Waals surface area contributed by atoms with E-state index in [1.807, 2.05) is 6.92 Å². The Morgan fingerprint density at radius 3 is 2.44 bits per heavy atom. The molecule has 2 nitrogen and oxygen atoms in total. The molecule has 1 fully saturated rings. The molecule has 0 bridgehead atoms. The highest BCUT2D eigenvalue weighted by molar-refractivity contribution is 5.86. The van der Waals surface area contributed by atoms with Gasteiger partial charge in [0.1, 0.15) is 0 Å². The van der Waals surface area contributed by atoms with E-state index in [-0.39, 0.29) is 22.3 Å². The molecule has 0 atom stereocenters. The average molecular weight is 352 g/mol. The second-order valence-corrected chi connectivity index (χ2v) is 6.64. The first-order chi connectivity index (χ1) is 12.1. The summed E-state index contributed by atoms with van der Waals surface area (Å²) in [7, 11) is 0. The minimum absolute atomic E-state index is 0.0566. The molecule has 5 heteroatoms. The summed E-state index contributed by atoms with van der Waals surface area (Å²) >= 11 is 0. The normalized spacial score (nSPS) is 15.0. The number of hydrogen-bond acceptors (Lipinski definition) is 2. The van der Waals surface area contributed by atoms with Crippen molar-refractivity contribution in [1.29, 1.82) is 0 Å². The molecule has 0 radical (unpaired) electrons. The van der Waals surface area contributed by atoms with E-state index in [2.05, 4.69) is 0 Å². The second kappa shape index (κ2) is 7.98. The van der Waals surface area contributed by atoms with E-state index in [9.17, 15) is 13.2 Å². The summed E-state index contributed by atoms with van der Waals surface area (Å²) in [5.74, 6) is -3.07. The summed E-state index contributed by atoms with van der Waals surface area (Å²) < 4.78 is 54.1. The molecule has 2 aromatic carbocycles. The molecule has 0 unspecified atom stereocenters. The third-order valence-corrected chi connectivity index (χ3v) is 4.76. The van der Waals surface area contributed by atoms with Gasteiger partial charge in [0, 0.05) is 0 Å². The van der Waals surface area contributed by atoms with Gasteiger partial charge >= 0.3 is 0 Å². The summed E-state index contributed by atoms with van der Waals surface area (Å²) in [4.78, 5) is 0. The van der Waals surface area contributed by atoms with Crippen LogP contribution in [0.3, 0.4) is 0 Å². The van der Waals surface area contributed by atoms with Crippen molar-refractivity contribution < 1.29 is 22.6 Å². The van der Waals surface area contributed by atoms with Gasteiger partial charge in [-0.2, -0.15) is 4.39 Å². The van der Waals surface area contributed by atoms with Gasteiger partial charge < -0.3 is 9.47 Å². The molecule has 0 N–H and O–H groups in total. The molecule has 0 saturated heterocycles. The predicted octanol–water partition coefficient (Wildman–Crippen LogP) is 6.01. The number of unbranched alkanes of at least 4 members (excludes halogenated alkanes) is 1. The Morgan fingerprint density at radius 1 is 0.960 bits per heavy atom. The molecular formula is C20H23F3O2. The average Bonchev–Trinajstić information content (AvgIpc) is 3.12. The van der Waals surface area contributed by atoms with Crippen LogP contribution in [0.15, 0.2) is 18.2 Å². The van der Waals surface area contributed by atoms with Crippen molar-refractivity contribution in [2.24, 2.45) is 5.92 Å². The van der Waals surface area contributed by atoms with Crippen LogP contribution in [0.4, 0.5) is 13.2 Å². The zero-order valence-corrected chi connectivity index (χ0v) is 14.4. The molecule has 1 aliphatic carbocycles. The maximum absolute atomic E-state index is 14.5. The standard InChI is InChI=1S/C20H23F3O2/c1-2-3-10-24-15-9-8-14-11-16(25-12-13-6-4-5-7-13)19(22)20(23)17(14)18(15)21/h8-9,11,13H,2-7,10,12H2,1H3. The SMILES string of the molecule is CCCCOc1ccc2cc(OCC3CCCC3)c(F)c(F)c2c1F. The molecule has 0 aliphatic heterocycles. The number of hydrogen-bond donors (Lipinski definition) is 0. The molecule has 136 valence electrons. The third-order valence-electron chi connectivity index (χ3n) is 4.76. The minimum atomic E-state index is -1.22. The van der Waals surface area contributed by atoms with Crippen LogP contribution in [0.5, 0.6) is 11.5 Å². The van der Waals surface area contributed by atoms with Crippen LogP contribution in [-0.2, 0) is 0 Å². The summed E-state index contributed by atoms with van der Waals surface area (Å²) in [6, 6.07) is 4.34. The lowest BCUT2D eigenvalue weighted by molar-refractivity contribution is 0.239. The van der Waals surface area contributed by atoms with Crippen LogP contribution in [0.2, 0.25) is 0 Å². The number of benzene rings is 2. The Morgan fingerprint density at radius 2 is 1.72 bits per heavy atom. The van der Waals surface area contributed by atoms with Gasteiger partial charge in [0.05, 0.1) is 18.6 Å². The highest BCUT2D eigenvalue weighted by Gasteiger charge is 2.22. The molecular weight excluding hydrogens is 329 g/mol. The molecule has 0 heterocycles. The van der Waals surface area contributed by atoms with E-state index >= 15 is 0 Å². The van der Waals surface area contributed by atoms with Gasteiger partial charge in [-0.1, -0.05) is 32.3 Å². The maximum Gasteiger partial charge on any atom is 0.201 e. The van der Waals surface area contributed by atoms with Crippen molar-refractivity contribution in [1.82, 2.24) is 0 Å². The van der Waals surface area contributed by atoms with Gasteiger partial charge in [0.25, 0.3) is 0 Å². The monoisotopic (exact) mass is 352 g/mol. The van der Waals surface area contributed by atoms with Crippen LogP contribution in [0.25, 0.3) is 10.8 Å². The lowest BCUT2D eigenvalue weighted by atomic mass is 10.1. The second-order valence-electron chi connectivity index (χ2n) is 6.64. The van der Waals surface area contributed by atoms with Crippen LogP contribution < -0.4 is 9.47 Å². The van der Waals surface area contributed by atoms with E-state index in [1.54, 1.807) is 0 Å². The van der Waals surface area contributed by atoms with Crippen molar-refractivity contribution >= 4 is 10.8 Å². The number of fused-ring (bicyclic) bond motifs is 1. The van der Waals surface area contributed by atoms with Gasteiger partial charge in [-0.25, -0.2) is 8.78 Å². The van der Waals surface area contributed by atoms with Gasteiger partial charge in [0.2, 0.25) is 5.82 Å². The quantitative estimate of drug-likeness (QED) is 0.569. The molecule has 1 saturated carbocycles. The fraction of sp³-hybridized carbons (Fsp3) is 0.500. The van der Waals surface area contributed by atoms with Crippen molar-refractivity contribution in [3.63, 3.8) is 0 Å². The summed E-state index contributed by atoms with van der Waals surface area (Å²) in [6.07, 6.45) is 6.06. The highest BCUT2D eigenvalue weighted by Crippen LogP contribution is 2.35.